The predicted molar refractivity (Wildman–Crippen MR) is 122 cm³/mol. The number of rotatable bonds is 5. The van der Waals surface area contributed by atoms with Crippen molar-refractivity contribution in [3.8, 4) is 22.5 Å². The van der Waals surface area contributed by atoms with Crippen LogP contribution in [-0.2, 0) is 4.79 Å². The van der Waals surface area contributed by atoms with Gasteiger partial charge in [0.25, 0.3) is 5.91 Å². The van der Waals surface area contributed by atoms with Gasteiger partial charge in [-0.1, -0.05) is 18.2 Å². The Bertz CT molecular complexity index is 1340. The van der Waals surface area contributed by atoms with E-state index in [2.05, 4.69) is 30.6 Å². The van der Waals surface area contributed by atoms with Gasteiger partial charge in [0, 0.05) is 42.0 Å². The van der Waals surface area contributed by atoms with Gasteiger partial charge in [-0.15, -0.1) is 0 Å². The van der Waals surface area contributed by atoms with Crippen molar-refractivity contribution < 1.29 is 9.59 Å². The highest BCUT2D eigenvalue weighted by molar-refractivity contribution is 6.11. The quantitative estimate of drug-likeness (QED) is 0.450. The molecule has 0 radical (unpaired) electrons. The summed E-state index contributed by atoms with van der Waals surface area (Å²) in [5.74, 6) is 0.197. The zero-order valence-electron chi connectivity index (χ0n) is 17.8. The molecule has 1 aliphatic rings. The van der Waals surface area contributed by atoms with Gasteiger partial charge in [0.05, 0.1) is 28.7 Å². The van der Waals surface area contributed by atoms with E-state index in [1.165, 1.54) is 6.20 Å². The molecule has 8 nitrogen and oxygen atoms in total. The molecule has 1 saturated carbocycles. The molecule has 0 unspecified atom stereocenters. The fourth-order valence-electron chi connectivity index (χ4n) is 3.63. The average Bonchev–Trinajstić information content (AvgIpc) is 3.57. The number of benzene rings is 1. The first-order valence-corrected chi connectivity index (χ1v) is 10.5. The minimum Gasteiger partial charge on any atom is -0.355 e. The summed E-state index contributed by atoms with van der Waals surface area (Å²) >= 11 is 0. The number of hydrogen-bond donors (Lipinski definition) is 3. The third-order valence-corrected chi connectivity index (χ3v) is 5.58. The zero-order valence-corrected chi connectivity index (χ0v) is 17.8. The summed E-state index contributed by atoms with van der Waals surface area (Å²) in [6, 6.07) is 9.83. The van der Waals surface area contributed by atoms with Crippen molar-refractivity contribution in [3.63, 3.8) is 0 Å². The molecule has 32 heavy (non-hydrogen) atoms. The number of H-pyrrole nitrogens is 1. The van der Waals surface area contributed by atoms with Crippen molar-refractivity contribution in [2.24, 2.45) is 5.92 Å². The van der Waals surface area contributed by atoms with Crippen molar-refractivity contribution in [1.82, 2.24) is 25.3 Å². The van der Waals surface area contributed by atoms with Crippen LogP contribution in [0.4, 0.5) is 5.82 Å². The number of amides is 2. The van der Waals surface area contributed by atoms with Crippen LogP contribution in [0, 0.1) is 12.8 Å². The summed E-state index contributed by atoms with van der Waals surface area (Å²) in [7, 11) is 1.58. The lowest BCUT2D eigenvalue weighted by Crippen LogP contribution is -2.19. The van der Waals surface area contributed by atoms with Crippen molar-refractivity contribution in [2.45, 2.75) is 19.8 Å². The van der Waals surface area contributed by atoms with Crippen molar-refractivity contribution in [1.29, 1.82) is 0 Å². The van der Waals surface area contributed by atoms with E-state index in [0.717, 1.165) is 41.1 Å². The van der Waals surface area contributed by atoms with Crippen LogP contribution in [0.1, 0.15) is 28.9 Å². The Morgan fingerprint density at radius 3 is 2.56 bits per heavy atom. The molecule has 2 amide bonds. The van der Waals surface area contributed by atoms with Crippen molar-refractivity contribution in [3.05, 3.63) is 60.2 Å². The van der Waals surface area contributed by atoms with Gasteiger partial charge in [-0.05, 0) is 37.5 Å². The first kappa shape index (κ1) is 19.9. The molecule has 5 rings (SSSR count). The lowest BCUT2D eigenvalue weighted by Gasteiger charge is -2.07. The fourth-order valence-corrected chi connectivity index (χ4v) is 3.63. The monoisotopic (exact) mass is 426 g/mol. The van der Waals surface area contributed by atoms with Crippen LogP contribution in [0.25, 0.3) is 33.4 Å². The molecule has 0 bridgehead atoms. The van der Waals surface area contributed by atoms with Crippen LogP contribution in [0.3, 0.4) is 0 Å². The van der Waals surface area contributed by atoms with Gasteiger partial charge in [-0.2, -0.15) is 0 Å². The largest absolute Gasteiger partial charge is 0.355 e. The topological polar surface area (TPSA) is 113 Å². The molecular formula is C24H22N6O2. The number of nitrogens with zero attached hydrogens (tertiary/aromatic N) is 3. The maximum absolute atomic E-state index is 12.4. The normalized spacial score (nSPS) is 13.2. The Labute approximate surface area is 184 Å². The minimum atomic E-state index is -0.239. The van der Waals surface area contributed by atoms with Gasteiger partial charge >= 0.3 is 0 Å². The Morgan fingerprint density at radius 1 is 1.03 bits per heavy atom. The smallest absolute Gasteiger partial charge is 0.253 e. The highest BCUT2D eigenvalue weighted by Gasteiger charge is 2.30. The Morgan fingerprint density at radius 2 is 1.84 bits per heavy atom. The van der Waals surface area contributed by atoms with E-state index in [4.69, 9.17) is 0 Å². The van der Waals surface area contributed by atoms with Gasteiger partial charge in [0.2, 0.25) is 5.91 Å². The van der Waals surface area contributed by atoms with Crippen LogP contribution in [0.2, 0.25) is 0 Å². The van der Waals surface area contributed by atoms with Gasteiger partial charge in [-0.3, -0.25) is 19.6 Å². The number of carbonyl (C=O) groups is 2. The highest BCUT2D eigenvalue weighted by Crippen LogP contribution is 2.34. The molecule has 3 N–H and O–H groups in total. The maximum atomic E-state index is 12.4. The number of fused-ring (bicyclic) bond motifs is 1. The van der Waals surface area contributed by atoms with Gasteiger partial charge < -0.3 is 15.6 Å². The van der Waals surface area contributed by atoms with Crippen LogP contribution < -0.4 is 10.6 Å². The van der Waals surface area contributed by atoms with Crippen molar-refractivity contribution in [2.75, 3.05) is 12.4 Å². The summed E-state index contributed by atoms with van der Waals surface area (Å²) in [5.41, 5.74) is 5.35. The van der Waals surface area contributed by atoms with E-state index in [-0.39, 0.29) is 17.7 Å². The molecule has 0 aliphatic heterocycles. The molecule has 1 fully saturated rings. The number of anilines is 1. The zero-order chi connectivity index (χ0) is 22.2. The third-order valence-electron chi connectivity index (χ3n) is 5.58. The molecule has 1 aromatic carbocycles. The Hall–Kier alpha value is -4.07. The number of carbonyl (C=O) groups excluding carboxylic acids is 2. The number of aryl methyl sites for hydroxylation is 1. The lowest BCUT2D eigenvalue weighted by molar-refractivity contribution is -0.117. The molecule has 8 heteroatoms. The average molecular weight is 426 g/mol. The molecule has 0 atom stereocenters. The van der Waals surface area contributed by atoms with Crippen molar-refractivity contribution >= 4 is 28.5 Å². The van der Waals surface area contributed by atoms with Crippen LogP contribution in [-0.4, -0.2) is 38.8 Å². The molecule has 0 spiro atoms. The second-order valence-electron chi connectivity index (χ2n) is 7.96. The first-order valence-electron chi connectivity index (χ1n) is 10.5. The van der Waals surface area contributed by atoms with E-state index in [0.29, 0.717) is 22.3 Å². The van der Waals surface area contributed by atoms with Gasteiger partial charge in [0.15, 0.2) is 5.82 Å². The molecule has 0 saturated heterocycles. The molecule has 3 aromatic heterocycles. The van der Waals surface area contributed by atoms with Gasteiger partial charge in [0.1, 0.15) is 0 Å². The maximum Gasteiger partial charge on any atom is 0.253 e. The van der Waals surface area contributed by atoms with E-state index in [1.807, 2.05) is 37.3 Å². The summed E-state index contributed by atoms with van der Waals surface area (Å²) in [4.78, 5) is 41.3. The molecule has 3 heterocycles. The van der Waals surface area contributed by atoms with Gasteiger partial charge in [-0.25, -0.2) is 4.98 Å². The SMILES string of the molecule is CNC(=O)c1cnc(NC(=O)C2CC2)c2[nH]c(-c3cccc(-c4cnc(C)cn4)c3)cc12. The summed E-state index contributed by atoms with van der Waals surface area (Å²) in [6.45, 7) is 1.90. The standard InChI is InChI=1S/C24H22N6O2/c1-13-10-27-20(12-26-13)16-5-3-4-15(8-16)19-9-17-18(24(32)25-2)11-28-22(21(17)29-19)30-23(31)14-6-7-14/h3-5,8-12,14,29H,6-7H2,1-2H3,(H,25,32)(H,28,30,31). The Balaban J connectivity index is 1.60. The first-order chi connectivity index (χ1) is 15.5. The molecule has 160 valence electrons. The number of hydrogen-bond acceptors (Lipinski definition) is 5. The molecule has 1 aliphatic carbocycles. The number of aromatic amines is 1. The second kappa shape index (κ2) is 7.88. The number of nitrogens with one attached hydrogen (secondary N) is 3. The summed E-state index contributed by atoms with van der Waals surface area (Å²) in [5, 5.41) is 6.25. The fraction of sp³-hybridized carbons (Fsp3) is 0.208. The molecular weight excluding hydrogens is 404 g/mol. The highest BCUT2D eigenvalue weighted by atomic mass is 16.2. The van der Waals surface area contributed by atoms with Crippen LogP contribution in [0.15, 0.2) is 48.9 Å². The number of aromatic nitrogens is 4. The van der Waals surface area contributed by atoms with E-state index < -0.39 is 0 Å². The van der Waals surface area contributed by atoms with E-state index in [9.17, 15) is 9.59 Å². The summed E-state index contributed by atoms with van der Waals surface area (Å²) < 4.78 is 0. The van der Waals surface area contributed by atoms with Crippen LogP contribution in [0.5, 0.6) is 0 Å². The van der Waals surface area contributed by atoms with E-state index in [1.54, 1.807) is 19.4 Å². The van der Waals surface area contributed by atoms with E-state index >= 15 is 0 Å². The minimum absolute atomic E-state index is 0.0393. The van der Waals surface area contributed by atoms with Crippen LogP contribution >= 0.6 is 0 Å². The Kier molecular flexibility index (Phi) is 4.89. The number of pyridine rings is 1. The molecule has 4 aromatic rings. The second-order valence-corrected chi connectivity index (χ2v) is 7.96. The third kappa shape index (κ3) is 3.71. The lowest BCUT2D eigenvalue weighted by atomic mass is 10.1. The summed E-state index contributed by atoms with van der Waals surface area (Å²) in [6.07, 6.45) is 6.78. The predicted octanol–water partition coefficient (Wildman–Crippen LogP) is 3.70.